The van der Waals surface area contributed by atoms with Gasteiger partial charge in [-0.3, -0.25) is 4.90 Å². The quantitative estimate of drug-likeness (QED) is 0.729. The van der Waals surface area contributed by atoms with Crippen LogP contribution in [-0.2, 0) is 0 Å². The van der Waals surface area contributed by atoms with Crippen molar-refractivity contribution >= 4 is 5.69 Å². The van der Waals surface area contributed by atoms with Crippen molar-refractivity contribution in [2.75, 3.05) is 46.1 Å². The summed E-state index contributed by atoms with van der Waals surface area (Å²) in [5, 5.41) is 0. The molecule has 1 atom stereocenters. The number of anilines is 1. The first-order valence-corrected chi connectivity index (χ1v) is 6.90. The number of nitrogens with two attached hydrogens (primary N) is 1. The topological polar surface area (TPSA) is 41.7 Å². The van der Waals surface area contributed by atoms with E-state index < -0.39 is 0 Å². The van der Waals surface area contributed by atoms with Crippen molar-refractivity contribution in [3.05, 3.63) is 24.3 Å². The van der Waals surface area contributed by atoms with Crippen LogP contribution in [0.25, 0.3) is 0 Å². The minimum Gasteiger partial charge on any atom is -0.492 e. The lowest BCUT2D eigenvalue weighted by molar-refractivity contribution is 0.152. The predicted octanol–water partition coefficient (Wildman–Crippen LogP) is 1.92. The maximum Gasteiger partial charge on any atom is 0.119 e. The van der Waals surface area contributed by atoms with E-state index in [1.807, 2.05) is 24.3 Å². The van der Waals surface area contributed by atoms with E-state index in [0.717, 1.165) is 31.1 Å². The zero-order chi connectivity index (χ0) is 14.3. The van der Waals surface area contributed by atoms with Gasteiger partial charge in [0.1, 0.15) is 12.4 Å². The van der Waals surface area contributed by atoms with E-state index in [-0.39, 0.29) is 0 Å². The van der Waals surface area contributed by atoms with Crippen LogP contribution in [0, 0.1) is 0 Å². The standard InChI is InChI=1S/C15H27N3O/c1-5-18(13(2)12-17(3)4)10-11-19-15-8-6-14(16)7-9-15/h6-9,13H,5,10-12,16H2,1-4H3. The van der Waals surface area contributed by atoms with Crippen LogP contribution < -0.4 is 10.5 Å². The molecular formula is C15H27N3O. The van der Waals surface area contributed by atoms with Gasteiger partial charge in [-0.2, -0.15) is 0 Å². The summed E-state index contributed by atoms with van der Waals surface area (Å²) in [6, 6.07) is 8.09. The molecule has 0 aliphatic heterocycles. The molecule has 0 fully saturated rings. The van der Waals surface area contributed by atoms with Gasteiger partial charge in [0.25, 0.3) is 0 Å². The molecule has 0 heterocycles. The number of rotatable bonds is 8. The summed E-state index contributed by atoms with van der Waals surface area (Å²) in [5.74, 6) is 0.880. The zero-order valence-corrected chi connectivity index (χ0v) is 12.6. The highest BCUT2D eigenvalue weighted by molar-refractivity contribution is 5.41. The number of nitrogens with zero attached hydrogens (tertiary/aromatic N) is 2. The molecule has 0 bridgehead atoms. The Morgan fingerprint density at radius 2 is 1.84 bits per heavy atom. The van der Waals surface area contributed by atoms with Crippen molar-refractivity contribution < 1.29 is 4.74 Å². The van der Waals surface area contributed by atoms with Crippen LogP contribution >= 0.6 is 0 Å². The number of likely N-dealkylation sites (N-methyl/N-ethyl adjacent to an activating group) is 2. The van der Waals surface area contributed by atoms with Crippen LogP contribution in [0.1, 0.15) is 13.8 Å². The summed E-state index contributed by atoms with van der Waals surface area (Å²) in [6.45, 7) is 8.20. The Morgan fingerprint density at radius 1 is 1.21 bits per heavy atom. The minimum atomic E-state index is 0.537. The molecule has 19 heavy (non-hydrogen) atoms. The second-order valence-electron chi connectivity index (χ2n) is 5.16. The molecule has 4 nitrogen and oxygen atoms in total. The van der Waals surface area contributed by atoms with Crippen LogP contribution in [0.2, 0.25) is 0 Å². The third kappa shape index (κ3) is 5.94. The Labute approximate surface area is 117 Å². The first-order chi connectivity index (χ1) is 9.02. The van der Waals surface area contributed by atoms with Gasteiger partial charge in [-0.25, -0.2) is 0 Å². The molecule has 1 rings (SSSR count). The Balaban J connectivity index is 2.35. The highest BCUT2D eigenvalue weighted by Crippen LogP contribution is 2.13. The molecule has 1 aromatic carbocycles. The molecule has 1 aromatic rings. The van der Waals surface area contributed by atoms with Gasteiger partial charge in [-0.1, -0.05) is 6.92 Å². The fourth-order valence-electron chi connectivity index (χ4n) is 2.18. The van der Waals surface area contributed by atoms with Crippen molar-refractivity contribution in [2.45, 2.75) is 19.9 Å². The summed E-state index contributed by atoms with van der Waals surface area (Å²) in [4.78, 5) is 4.64. The Morgan fingerprint density at radius 3 is 2.37 bits per heavy atom. The summed E-state index contributed by atoms with van der Waals surface area (Å²) in [6.07, 6.45) is 0. The average Bonchev–Trinajstić information content (AvgIpc) is 2.36. The van der Waals surface area contributed by atoms with Gasteiger partial charge in [-0.05, 0) is 51.8 Å². The molecule has 108 valence electrons. The number of nitrogen functional groups attached to an aromatic ring is 1. The molecule has 0 saturated carbocycles. The molecule has 0 saturated heterocycles. The largest absolute Gasteiger partial charge is 0.492 e. The smallest absolute Gasteiger partial charge is 0.119 e. The van der Waals surface area contributed by atoms with Crippen molar-refractivity contribution in [1.29, 1.82) is 0 Å². The second-order valence-corrected chi connectivity index (χ2v) is 5.16. The highest BCUT2D eigenvalue weighted by atomic mass is 16.5. The number of hydrogen-bond acceptors (Lipinski definition) is 4. The summed E-state index contributed by atoms with van der Waals surface area (Å²) < 4.78 is 5.74. The maximum atomic E-state index is 5.74. The Hall–Kier alpha value is -1.26. The molecular weight excluding hydrogens is 238 g/mol. The van der Waals surface area contributed by atoms with Gasteiger partial charge in [0, 0.05) is 24.8 Å². The average molecular weight is 265 g/mol. The first-order valence-electron chi connectivity index (χ1n) is 6.90. The molecule has 0 aromatic heterocycles. The minimum absolute atomic E-state index is 0.537. The molecule has 0 aliphatic rings. The summed E-state index contributed by atoms with van der Waals surface area (Å²) in [5.41, 5.74) is 6.41. The van der Waals surface area contributed by atoms with Crippen LogP contribution in [0.3, 0.4) is 0 Å². The third-order valence-electron chi connectivity index (χ3n) is 3.19. The van der Waals surface area contributed by atoms with Crippen molar-refractivity contribution in [2.24, 2.45) is 0 Å². The molecule has 0 radical (unpaired) electrons. The van der Waals surface area contributed by atoms with Crippen molar-refractivity contribution in [1.82, 2.24) is 9.80 Å². The molecule has 2 N–H and O–H groups in total. The molecule has 0 amide bonds. The van der Waals surface area contributed by atoms with Crippen molar-refractivity contribution in [3.8, 4) is 5.75 Å². The first kappa shape index (κ1) is 15.8. The van der Waals surface area contributed by atoms with Gasteiger partial charge in [0.05, 0.1) is 0 Å². The summed E-state index contributed by atoms with van der Waals surface area (Å²) >= 11 is 0. The summed E-state index contributed by atoms with van der Waals surface area (Å²) in [7, 11) is 4.21. The predicted molar refractivity (Wildman–Crippen MR) is 81.6 cm³/mol. The molecule has 0 spiro atoms. The van der Waals surface area contributed by atoms with E-state index >= 15 is 0 Å². The molecule has 0 aliphatic carbocycles. The van der Waals surface area contributed by atoms with Gasteiger partial charge in [0.15, 0.2) is 0 Å². The lowest BCUT2D eigenvalue weighted by Crippen LogP contribution is -2.41. The fourth-order valence-corrected chi connectivity index (χ4v) is 2.18. The zero-order valence-electron chi connectivity index (χ0n) is 12.6. The van der Waals surface area contributed by atoms with E-state index in [2.05, 4.69) is 37.7 Å². The molecule has 1 unspecified atom stereocenters. The van der Waals surface area contributed by atoms with Gasteiger partial charge < -0.3 is 15.4 Å². The number of hydrogen-bond donors (Lipinski definition) is 1. The van der Waals surface area contributed by atoms with E-state index in [9.17, 15) is 0 Å². The molecule has 4 heteroatoms. The van der Waals surface area contributed by atoms with E-state index in [0.29, 0.717) is 12.6 Å². The van der Waals surface area contributed by atoms with Crippen LogP contribution in [0.4, 0.5) is 5.69 Å². The fraction of sp³-hybridized carbons (Fsp3) is 0.600. The number of benzene rings is 1. The van der Waals surface area contributed by atoms with Crippen LogP contribution in [0.5, 0.6) is 5.75 Å². The Bertz CT molecular complexity index is 351. The van der Waals surface area contributed by atoms with Crippen molar-refractivity contribution in [3.63, 3.8) is 0 Å². The Kier molecular flexibility index (Phi) is 6.67. The third-order valence-corrected chi connectivity index (χ3v) is 3.19. The van der Waals surface area contributed by atoms with Gasteiger partial charge >= 0.3 is 0 Å². The lowest BCUT2D eigenvalue weighted by Gasteiger charge is -2.29. The van der Waals surface area contributed by atoms with Crippen LogP contribution in [-0.4, -0.2) is 56.2 Å². The number of ether oxygens (including phenoxy) is 1. The lowest BCUT2D eigenvalue weighted by atomic mass is 10.2. The van der Waals surface area contributed by atoms with Gasteiger partial charge in [-0.15, -0.1) is 0 Å². The van der Waals surface area contributed by atoms with E-state index in [4.69, 9.17) is 10.5 Å². The van der Waals surface area contributed by atoms with Gasteiger partial charge in [0.2, 0.25) is 0 Å². The highest BCUT2D eigenvalue weighted by Gasteiger charge is 2.12. The van der Waals surface area contributed by atoms with E-state index in [1.54, 1.807) is 0 Å². The second kappa shape index (κ2) is 8.02. The van der Waals surface area contributed by atoms with E-state index in [1.165, 1.54) is 0 Å². The SMILES string of the molecule is CCN(CCOc1ccc(N)cc1)C(C)CN(C)C. The maximum absolute atomic E-state index is 5.74. The monoisotopic (exact) mass is 265 g/mol. The normalized spacial score (nSPS) is 12.9. The van der Waals surface area contributed by atoms with Crippen LogP contribution in [0.15, 0.2) is 24.3 Å².